The van der Waals surface area contributed by atoms with Gasteiger partial charge in [0.15, 0.2) is 0 Å². The molecule has 2 amide bonds. The van der Waals surface area contributed by atoms with Gasteiger partial charge in [-0.2, -0.15) is 13.2 Å². The molecule has 0 radical (unpaired) electrons. The third kappa shape index (κ3) is 5.87. The van der Waals surface area contributed by atoms with Crippen molar-refractivity contribution in [1.29, 1.82) is 0 Å². The van der Waals surface area contributed by atoms with E-state index in [1.54, 1.807) is 29.6 Å². The van der Waals surface area contributed by atoms with E-state index in [9.17, 15) is 27.6 Å². The Bertz CT molecular complexity index is 866. The second-order valence-corrected chi connectivity index (χ2v) is 5.93. The lowest BCUT2D eigenvalue weighted by Crippen LogP contribution is -2.49. The van der Waals surface area contributed by atoms with Gasteiger partial charge in [0, 0.05) is 0 Å². The summed E-state index contributed by atoms with van der Waals surface area (Å²) in [5, 5.41) is 10.3. The number of amides is 2. The summed E-state index contributed by atoms with van der Waals surface area (Å²) < 4.78 is 43.5. The highest BCUT2D eigenvalue weighted by Gasteiger charge is 2.32. The molecule has 0 aliphatic rings. The summed E-state index contributed by atoms with van der Waals surface area (Å²) in [5.41, 5.74) is 0.764. The van der Waals surface area contributed by atoms with Crippen molar-refractivity contribution in [2.75, 3.05) is 0 Å². The number of carboxylic acid groups (broad SMARTS) is 1. The molecule has 2 aromatic carbocycles. The summed E-state index contributed by atoms with van der Waals surface area (Å²) in [6.07, 6.45) is -6.65. The molecule has 2 rings (SSSR count). The van der Waals surface area contributed by atoms with Crippen LogP contribution in [0.4, 0.5) is 18.0 Å². The van der Waals surface area contributed by atoms with E-state index in [-0.39, 0.29) is 5.46 Å². The van der Waals surface area contributed by atoms with Crippen molar-refractivity contribution in [2.24, 2.45) is 0 Å². The second kappa shape index (κ2) is 8.60. The third-order valence-corrected chi connectivity index (χ3v) is 3.70. The molecular weight excluding hydrogens is 378 g/mol. The first-order chi connectivity index (χ1) is 13.1. The molecule has 0 unspecified atom stereocenters. The number of halogens is 3. The highest BCUT2D eigenvalue weighted by Crippen LogP contribution is 2.28. The lowest BCUT2D eigenvalue weighted by atomic mass is 9.55. The molecule has 0 atom stereocenters. The second-order valence-electron chi connectivity index (χ2n) is 5.93. The van der Waals surface area contributed by atoms with E-state index in [0.29, 0.717) is 5.46 Å². The number of rotatable bonds is 5. The number of imide groups is 1. The Balaban J connectivity index is 2.27. The smallest absolute Gasteiger partial charge is 0.431 e. The van der Waals surface area contributed by atoms with Gasteiger partial charge in [-0.15, -0.1) is 0 Å². The van der Waals surface area contributed by atoms with Gasteiger partial charge in [0.05, 0.1) is 5.56 Å². The van der Waals surface area contributed by atoms with Crippen molar-refractivity contribution in [3.05, 3.63) is 59.7 Å². The molecule has 0 aromatic heterocycles. The molecule has 0 saturated heterocycles. The van der Waals surface area contributed by atoms with Crippen LogP contribution >= 0.6 is 0 Å². The number of carbonyl (C=O) groups is 3. The molecule has 0 bridgehead atoms. The monoisotopic (exact) mass is 393 g/mol. The van der Waals surface area contributed by atoms with E-state index in [1.807, 2.05) is 6.92 Å². The van der Waals surface area contributed by atoms with E-state index in [1.165, 1.54) is 12.1 Å². The van der Waals surface area contributed by atoms with Gasteiger partial charge in [-0.25, -0.2) is 4.79 Å². The lowest BCUT2D eigenvalue weighted by molar-refractivity contribution is -0.140. The number of alkyl halides is 3. The van der Waals surface area contributed by atoms with Crippen LogP contribution < -0.4 is 16.2 Å². The molecule has 2 aromatic rings. The highest BCUT2D eigenvalue weighted by atomic mass is 19.4. The Morgan fingerprint density at radius 1 is 1.00 bits per heavy atom. The van der Waals surface area contributed by atoms with Crippen LogP contribution in [-0.4, -0.2) is 30.0 Å². The standard InChI is InChI=1S/C18H15BF3NO5/c1-11-2-6-13(7-3-11)19(28-17(27)23-15(24)10-16(25)26)14-8-4-12(5-9-14)18(20,21)22/h2-9H,10H2,1H3,(H,25,26)(H,23,24,27). The van der Waals surface area contributed by atoms with Gasteiger partial charge in [0.2, 0.25) is 5.91 Å². The molecule has 0 aliphatic carbocycles. The molecule has 0 heterocycles. The topological polar surface area (TPSA) is 92.7 Å². The zero-order valence-electron chi connectivity index (χ0n) is 14.6. The minimum Gasteiger partial charge on any atom is -0.510 e. The molecule has 0 aliphatic heterocycles. The Morgan fingerprint density at radius 3 is 1.96 bits per heavy atom. The van der Waals surface area contributed by atoms with E-state index in [2.05, 4.69) is 0 Å². The van der Waals surface area contributed by atoms with Crippen molar-refractivity contribution in [3.8, 4) is 0 Å². The van der Waals surface area contributed by atoms with E-state index >= 15 is 0 Å². The van der Waals surface area contributed by atoms with Gasteiger partial charge in [-0.05, 0) is 17.8 Å². The SMILES string of the molecule is Cc1ccc(B(OC(=O)NC(=O)CC(=O)O)c2ccc(C(F)(F)F)cc2)cc1. The number of hydrogen-bond donors (Lipinski definition) is 2. The van der Waals surface area contributed by atoms with Crippen molar-refractivity contribution >= 4 is 35.8 Å². The fourth-order valence-corrected chi connectivity index (χ4v) is 2.35. The number of aliphatic carboxylic acids is 1. The van der Waals surface area contributed by atoms with Crippen LogP contribution in [0.3, 0.4) is 0 Å². The molecule has 0 fully saturated rings. The van der Waals surface area contributed by atoms with Crippen molar-refractivity contribution in [1.82, 2.24) is 5.32 Å². The summed E-state index contributed by atoms with van der Waals surface area (Å²) >= 11 is 0. The van der Waals surface area contributed by atoms with Crippen LogP contribution in [0.25, 0.3) is 0 Å². The Hall–Kier alpha value is -3.30. The average molecular weight is 393 g/mol. The molecule has 2 N–H and O–H groups in total. The molecular formula is C18H15BF3NO5. The third-order valence-electron chi connectivity index (χ3n) is 3.70. The first kappa shape index (κ1) is 21.0. The predicted molar refractivity (Wildman–Crippen MR) is 94.5 cm³/mol. The quantitative estimate of drug-likeness (QED) is 0.598. The fraction of sp³-hybridized carbons (Fsp3) is 0.167. The van der Waals surface area contributed by atoms with Crippen LogP contribution in [0.2, 0.25) is 0 Å². The summed E-state index contributed by atoms with van der Waals surface area (Å²) in [6, 6.07) is 10.8. The highest BCUT2D eigenvalue weighted by molar-refractivity contribution is 6.81. The van der Waals surface area contributed by atoms with Crippen LogP contribution in [0, 0.1) is 6.92 Å². The van der Waals surface area contributed by atoms with Gasteiger partial charge >= 0.3 is 25.2 Å². The Kier molecular flexibility index (Phi) is 6.45. The van der Waals surface area contributed by atoms with Gasteiger partial charge in [0.25, 0.3) is 0 Å². The van der Waals surface area contributed by atoms with Gasteiger partial charge < -0.3 is 9.76 Å². The maximum atomic E-state index is 12.8. The van der Waals surface area contributed by atoms with Gasteiger partial charge in [0.1, 0.15) is 6.42 Å². The van der Waals surface area contributed by atoms with E-state index < -0.39 is 43.0 Å². The number of hydrogen-bond acceptors (Lipinski definition) is 4. The number of carboxylic acids is 1. The lowest BCUT2D eigenvalue weighted by Gasteiger charge is -2.16. The van der Waals surface area contributed by atoms with Crippen molar-refractivity contribution in [3.63, 3.8) is 0 Å². The normalized spacial score (nSPS) is 10.9. The van der Waals surface area contributed by atoms with Crippen LogP contribution in [0.15, 0.2) is 48.5 Å². The van der Waals surface area contributed by atoms with E-state index in [0.717, 1.165) is 17.7 Å². The molecule has 0 spiro atoms. The Labute approximate surface area is 158 Å². The maximum absolute atomic E-state index is 12.8. The minimum absolute atomic E-state index is 0.248. The molecule has 0 saturated carbocycles. The summed E-state index contributed by atoms with van der Waals surface area (Å²) in [4.78, 5) is 33.9. The molecule has 146 valence electrons. The first-order valence-corrected chi connectivity index (χ1v) is 8.02. The summed E-state index contributed by atoms with van der Waals surface area (Å²) in [6.45, 7) is 0.732. The Morgan fingerprint density at radius 2 is 1.50 bits per heavy atom. The van der Waals surface area contributed by atoms with Gasteiger partial charge in [-0.3, -0.25) is 14.9 Å². The first-order valence-electron chi connectivity index (χ1n) is 8.02. The summed E-state index contributed by atoms with van der Waals surface area (Å²) in [7, 11) is 0. The molecule has 28 heavy (non-hydrogen) atoms. The van der Waals surface area contributed by atoms with Crippen molar-refractivity contribution in [2.45, 2.75) is 19.5 Å². The minimum atomic E-state index is -4.51. The largest absolute Gasteiger partial charge is 0.510 e. The summed E-state index contributed by atoms with van der Waals surface area (Å²) in [5.74, 6) is -2.50. The number of benzene rings is 2. The maximum Gasteiger partial charge on any atom is 0.431 e. The zero-order chi connectivity index (χ0) is 20.9. The number of carbonyl (C=O) groups excluding carboxylic acids is 2. The molecule has 10 heteroatoms. The van der Waals surface area contributed by atoms with Crippen LogP contribution in [-0.2, 0) is 20.4 Å². The van der Waals surface area contributed by atoms with Crippen LogP contribution in [0.1, 0.15) is 17.5 Å². The predicted octanol–water partition coefficient (Wildman–Crippen LogP) is 1.85. The van der Waals surface area contributed by atoms with Crippen LogP contribution in [0.5, 0.6) is 0 Å². The number of nitrogens with one attached hydrogen (secondary N) is 1. The molecule has 6 nitrogen and oxygen atoms in total. The fourth-order valence-electron chi connectivity index (χ4n) is 2.35. The van der Waals surface area contributed by atoms with E-state index in [4.69, 9.17) is 9.76 Å². The average Bonchev–Trinajstić information content (AvgIpc) is 2.59. The van der Waals surface area contributed by atoms with Crippen molar-refractivity contribution < 1.29 is 37.3 Å². The zero-order valence-corrected chi connectivity index (χ0v) is 14.6. The van der Waals surface area contributed by atoms with Gasteiger partial charge in [-0.1, -0.05) is 54.1 Å². The number of aryl methyl sites for hydroxylation is 1.